The summed E-state index contributed by atoms with van der Waals surface area (Å²) in [5.41, 5.74) is 0.493. The first-order valence-corrected chi connectivity index (χ1v) is 9.59. The lowest BCUT2D eigenvalue weighted by Gasteiger charge is -2.38. The van der Waals surface area contributed by atoms with Gasteiger partial charge in [0.05, 0.1) is 6.61 Å². The molecular formula is C16H21NO6S. The molecule has 1 aliphatic rings. The van der Waals surface area contributed by atoms with Crippen LogP contribution in [0.1, 0.15) is 32.1 Å². The number of benzene rings is 1. The highest BCUT2D eigenvalue weighted by molar-refractivity contribution is 7.93. The highest BCUT2D eigenvalue weighted by atomic mass is 32.2. The van der Waals surface area contributed by atoms with Crippen molar-refractivity contribution in [2.24, 2.45) is 0 Å². The van der Waals surface area contributed by atoms with Gasteiger partial charge >= 0.3 is 5.97 Å². The van der Waals surface area contributed by atoms with E-state index in [1.165, 1.54) is 0 Å². The van der Waals surface area contributed by atoms with Crippen molar-refractivity contribution in [2.75, 3.05) is 18.2 Å². The summed E-state index contributed by atoms with van der Waals surface area (Å²) < 4.78 is 27.9. The van der Waals surface area contributed by atoms with Crippen LogP contribution < -0.4 is 10.1 Å². The molecule has 1 aromatic rings. The molecule has 24 heavy (non-hydrogen) atoms. The van der Waals surface area contributed by atoms with Crippen LogP contribution in [0.4, 0.5) is 5.69 Å². The molecule has 1 fully saturated rings. The minimum atomic E-state index is -3.46. The van der Waals surface area contributed by atoms with Gasteiger partial charge in [-0.05, 0) is 49.9 Å². The van der Waals surface area contributed by atoms with Crippen LogP contribution in [0.15, 0.2) is 24.3 Å². The van der Waals surface area contributed by atoms with E-state index in [0.29, 0.717) is 30.7 Å². The number of carboxylic acid groups (broad SMARTS) is 1. The molecular weight excluding hydrogens is 334 g/mol. The smallest absolute Gasteiger partial charge is 0.303 e. The maximum Gasteiger partial charge on any atom is 0.303 e. The average molecular weight is 355 g/mol. The Morgan fingerprint density at radius 1 is 1.25 bits per heavy atom. The third-order valence-corrected chi connectivity index (χ3v) is 6.21. The number of rotatable bonds is 8. The third kappa shape index (κ3) is 4.05. The van der Waals surface area contributed by atoms with Crippen LogP contribution in [0, 0.1) is 0 Å². The number of carboxylic acids is 1. The molecule has 0 unspecified atom stereocenters. The van der Waals surface area contributed by atoms with Crippen molar-refractivity contribution in [3.05, 3.63) is 24.3 Å². The minimum absolute atomic E-state index is 0.0434. The van der Waals surface area contributed by atoms with Gasteiger partial charge in [0.25, 0.3) is 0 Å². The second-order valence-corrected chi connectivity index (χ2v) is 8.27. The van der Waals surface area contributed by atoms with E-state index >= 15 is 0 Å². The van der Waals surface area contributed by atoms with E-state index in [2.05, 4.69) is 5.32 Å². The molecule has 0 atom stereocenters. The summed E-state index contributed by atoms with van der Waals surface area (Å²) >= 11 is 0. The zero-order valence-electron chi connectivity index (χ0n) is 13.4. The number of aliphatic carboxylic acids is 1. The van der Waals surface area contributed by atoms with Gasteiger partial charge in [-0.1, -0.05) is 0 Å². The SMILES string of the molecule is CS(=O)(=O)C1(C(=O)Nc2ccc(OCCCC(=O)O)cc2)CCC1. The average Bonchev–Trinajstić information content (AvgIpc) is 2.42. The van der Waals surface area contributed by atoms with E-state index in [9.17, 15) is 18.0 Å². The molecule has 1 aliphatic carbocycles. The van der Waals surface area contributed by atoms with Gasteiger partial charge in [0.15, 0.2) is 14.6 Å². The van der Waals surface area contributed by atoms with Gasteiger partial charge in [0, 0.05) is 18.4 Å². The molecule has 0 aromatic heterocycles. The molecule has 0 spiro atoms. The number of amides is 1. The monoisotopic (exact) mass is 355 g/mol. The second-order valence-electron chi connectivity index (χ2n) is 5.94. The van der Waals surface area contributed by atoms with Crippen LogP contribution in [-0.2, 0) is 19.4 Å². The van der Waals surface area contributed by atoms with E-state index < -0.39 is 26.5 Å². The van der Waals surface area contributed by atoms with Crippen molar-refractivity contribution in [3.8, 4) is 5.75 Å². The Kier molecular flexibility index (Phi) is 5.48. The topological polar surface area (TPSA) is 110 Å². The Labute approximate surface area is 140 Å². The highest BCUT2D eigenvalue weighted by Crippen LogP contribution is 2.40. The van der Waals surface area contributed by atoms with Crippen LogP contribution in [0.3, 0.4) is 0 Å². The number of ether oxygens (including phenoxy) is 1. The van der Waals surface area contributed by atoms with Crippen LogP contribution in [0.25, 0.3) is 0 Å². The molecule has 7 nitrogen and oxygen atoms in total. The first-order valence-electron chi connectivity index (χ1n) is 7.70. The lowest BCUT2D eigenvalue weighted by molar-refractivity contribution is -0.137. The fourth-order valence-electron chi connectivity index (χ4n) is 2.56. The molecule has 1 saturated carbocycles. The minimum Gasteiger partial charge on any atom is -0.494 e. The van der Waals surface area contributed by atoms with Crippen molar-refractivity contribution in [3.63, 3.8) is 0 Å². The summed E-state index contributed by atoms with van der Waals surface area (Å²) in [6.07, 6.45) is 2.97. The second kappa shape index (κ2) is 7.21. The Balaban J connectivity index is 1.92. The van der Waals surface area contributed by atoms with Gasteiger partial charge in [-0.25, -0.2) is 8.42 Å². The molecule has 0 radical (unpaired) electrons. The molecule has 0 heterocycles. The molecule has 2 N–H and O–H groups in total. The standard InChI is InChI=1S/C16H21NO6S/c1-24(21,22)16(9-3-10-16)15(20)17-12-5-7-13(8-6-12)23-11-2-4-14(18)19/h5-8H,2-4,9-11H2,1H3,(H,17,20)(H,18,19). The van der Waals surface area contributed by atoms with Crippen molar-refractivity contribution in [1.29, 1.82) is 0 Å². The predicted molar refractivity (Wildman–Crippen MR) is 88.9 cm³/mol. The fraction of sp³-hybridized carbons (Fsp3) is 0.500. The molecule has 1 amide bonds. The van der Waals surface area contributed by atoms with E-state index in [-0.39, 0.29) is 13.0 Å². The lowest BCUT2D eigenvalue weighted by atomic mass is 9.83. The Hall–Kier alpha value is -2.09. The molecule has 132 valence electrons. The molecule has 0 bridgehead atoms. The van der Waals surface area contributed by atoms with Crippen molar-refractivity contribution < 1.29 is 27.9 Å². The molecule has 0 saturated heterocycles. The first-order chi connectivity index (χ1) is 11.2. The summed E-state index contributed by atoms with van der Waals surface area (Å²) in [4.78, 5) is 22.7. The van der Waals surface area contributed by atoms with Gasteiger partial charge in [0.2, 0.25) is 5.91 Å². The first kappa shape index (κ1) is 18.3. The Bertz CT molecular complexity index is 707. The van der Waals surface area contributed by atoms with Gasteiger partial charge < -0.3 is 15.2 Å². The van der Waals surface area contributed by atoms with Gasteiger partial charge in [-0.15, -0.1) is 0 Å². The van der Waals surface area contributed by atoms with Crippen molar-refractivity contribution >= 4 is 27.4 Å². The maximum absolute atomic E-state index is 12.3. The summed E-state index contributed by atoms with van der Waals surface area (Å²) in [6.45, 7) is 0.287. The number of carbonyl (C=O) groups is 2. The summed E-state index contributed by atoms with van der Waals surface area (Å²) in [5.74, 6) is -0.807. The van der Waals surface area contributed by atoms with E-state index in [0.717, 1.165) is 12.7 Å². The number of nitrogens with one attached hydrogen (secondary N) is 1. The summed E-state index contributed by atoms with van der Waals surface area (Å²) in [6, 6.07) is 6.53. The molecule has 2 rings (SSSR count). The van der Waals surface area contributed by atoms with Crippen LogP contribution in [0.5, 0.6) is 5.75 Å². The number of sulfone groups is 1. The van der Waals surface area contributed by atoms with E-state index in [1.54, 1.807) is 24.3 Å². The summed E-state index contributed by atoms with van der Waals surface area (Å²) in [5, 5.41) is 11.2. The predicted octanol–water partition coefficient (Wildman–Crippen LogP) is 1.84. The zero-order chi connectivity index (χ0) is 17.8. The largest absolute Gasteiger partial charge is 0.494 e. The highest BCUT2D eigenvalue weighted by Gasteiger charge is 2.52. The van der Waals surface area contributed by atoms with E-state index in [4.69, 9.17) is 9.84 Å². The van der Waals surface area contributed by atoms with Gasteiger partial charge in [0.1, 0.15) is 5.75 Å². The zero-order valence-corrected chi connectivity index (χ0v) is 14.3. The van der Waals surface area contributed by atoms with Crippen molar-refractivity contribution in [1.82, 2.24) is 0 Å². The Morgan fingerprint density at radius 3 is 2.33 bits per heavy atom. The number of hydrogen-bond donors (Lipinski definition) is 2. The third-order valence-electron chi connectivity index (χ3n) is 4.20. The maximum atomic E-state index is 12.3. The van der Waals surface area contributed by atoms with Crippen LogP contribution >= 0.6 is 0 Å². The normalized spacial score (nSPS) is 16.0. The lowest BCUT2D eigenvalue weighted by Crippen LogP contribution is -2.54. The van der Waals surface area contributed by atoms with E-state index in [1.807, 2.05) is 0 Å². The molecule has 1 aromatic carbocycles. The number of anilines is 1. The Morgan fingerprint density at radius 2 is 1.88 bits per heavy atom. The molecule has 0 aliphatic heterocycles. The fourth-order valence-corrected chi connectivity index (χ4v) is 3.98. The van der Waals surface area contributed by atoms with Crippen LogP contribution in [0.2, 0.25) is 0 Å². The quantitative estimate of drug-likeness (QED) is 0.689. The van der Waals surface area contributed by atoms with Crippen LogP contribution in [-0.4, -0.2) is 43.0 Å². The molecule has 8 heteroatoms. The van der Waals surface area contributed by atoms with Gasteiger partial charge in [-0.3, -0.25) is 9.59 Å². The van der Waals surface area contributed by atoms with Gasteiger partial charge in [-0.2, -0.15) is 0 Å². The van der Waals surface area contributed by atoms with Crippen molar-refractivity contribution in [2.45, 2.75) is 36.9 Å². The number of hydrogen-bond acceptors (Lipinski definition) is 5. The summed E-state index contributed by atoms with van der Waals surface area (Å²) in [7, 11) is -3.46. The number of carbonyl (C=O) groups excluding carboxylic acids is 1.